The molecule has 11 heteroatoms. The van der Waals surface area contributed by atoms with E-state index in [1.165, 1.54) is 23.9 Å². The van der Waals surface area contributed by atoms with Crippen LogP contribution >= 0.6 is 11.8 Å². The highest BCUT2D eigenvalue weighted by Crippen LogP contribution is 2.37. The zero-order valence-electron chi connectivity index (χ0n) is 15.9. The highest BCUT2D eigenvalue weighted by Gasteiger charge is 2.57. The van der Waals surface area contributed by atoms with Crippen molar-refractivity contribution in [2.24, 2.45) is 0 Å². The summed E-state index contributed by atoms with van der Waals surface area (Å²) in [6, 6.07) is 5.71. The molecule has 0 aliphatic carbocycles. The van der Waals surface area contributed by atoms with Crippen molar-refractivity contribution in [1.82, 2.24) is 14.5 Å². The van der Waals surface area contributed by atoms with Gasteiger partial charge in [0.1, 0.15) is 5.69 Å². The van der Waals surface area contributed by atoms with Crippen molar-refractivity contribution in [2.75, 3.05) is 18.1 Å². The molecule has 3 aromatic rings. The second-order valence-electron chi connectivity index (χ2n) is 6.34. The van der Waals surface area contributed by atoms with Gasteiger partial charge in [0.2, 0.25) is 0 Å². The standard InChI is InChI=1S/C19H17F5N4OS/c1-3-30-15-7-12(25-2)8-27-17(15)13-6-11-4-5-16(29)28(14(11)9-26-13)10-18(20,21)19(22,23)24/h4-9,25H,3,10H2,1-2H3. The first-order valence-corrected chi connectivity index (χ1v) is 9.81. The number of halogens is 5. The Morgan fingerprint density at radius 2 is 1.83 bits per heavy atom. The first kappa shape index (κ1) is 22.0. The highest BCUT2D eigenvalue weighted by atomic mass is 32.2. The minimum absolute atomic E-state index is 0.119. The van der Waals surface area contributed by atoms with Gasteiger partial charge in [0.15, 0.2) is 0 Å². The molecule has 0 atom stereocenters. The predicted octanol–water partition coefficient (Wildman–Crippen LogP) is 4.81. The Labute approximate surface area is 172 Å². The number of nitrogens with one attached hydrogen (secondary N) is 1. The van der Waals surface area contributed by atoms with Crippen molar-refractivity contribution in [2.45, 2.75) is 30.5 Å². The van der Waals surface area contributed by atoms with Crippen LogP contribution in [0.2, 0.25) is 0 Å². The molecule has 5 nitrogen and oxygen atoms in total. The Hall–Kier alpha value is -2.69. The van der Waals surface area contributed by atoms with Crippen molar-refractivity contribution < 1.29 is 22.0 Å². The summed E-state index contributed by atoms with van der Waals surface area (Å²) >= 11 is 1.53. The van der Waals surface area contributed by atoms with Gasteiger partial charge >= 0.3 is 12.1 Å². The Morgan fingerprint density at radius 3 is 2.47 bits per heavy atom. The summed E-state index contributed by atoms with van der Waals surface area (Å²) in [4.78, 5) is 21.4. The predicted molar refractivity (Wildman–Crippen MR) is 106 cm³/mol. The van der Waals surface area contributed by atoms with Crippen molar-refractivity contribution in [3.8, 4) is 11.4 Å². The normalized spacial score (nSPS) is 12.4. The van der Waals surface area contributed by atoms with E-state index in [9.17, 15) is 26.7 Å². The zero-order chi connectivity index (χ0) is 22.1. The smallest absolute Gasteiger partial charge is 0.387 e. The maximum absolute atomic E-state index is 13.6. The number of hydrogen-bond acceptors (Lipinski definition) is 5. The topological polar surface area (TPSA) is 59.8 Å². The van der Waals surface area contributed by atoms with E-state index in [1.54, 1.807) is 13.2 Å². The van der Waals surface area contributed by atoms with Crippen LogP contribution in [0.25, 0.3) is 22.3 Å². The molecule has 0 saturated heterocycles. The van der Waals surface area contributed by atoms with Crippen LogP contribution in [0, 0.1) is 0 Å². The largest absolute Gasteiger partial charge is 0.455 e. The second-order valence-corrected chi connectivity index (χ2v) is 7.65. The Bertz CT molecular complexity index is 1130. The number of anilines is 1. The lowest BCUT2D eigenvalue weighted by Gasteiger charge is -2.21. The van der Waals surface area contributed by atoms with Crippen molar-refractivity contribution in [1.29, 1.82) is 0 Å². The van der Waals surface area contributed by atoms with Crippen molar-refractivity contribution in [3.05, 3.63) is 47.0 Å². The lowest BCUT2D eigenvalue weighted by Crippen LogP contribution is -2.42. The number of nitrogens with zero attached hydrogens (tertiary/aromatic N) is 3. The van der Waals surface area contributed by atoms with Crippen molar-refractivity contribution >= 4 is 28.4 Å². The maximum atomic E-state index is 13.6. The molecule has 0 radical (unpaired) electrons. The fraction of sp³-hybridized carbons (Fsp3) is 0.316. The maximum Gasteiger partial charge on any atom is 0.455 e. The van der Waals surface area contributed by atoms with Gasteiger partial charge in [-0.2, -0.15) is 22.0 Å². The van der Waals surface area contributed by atoms with Crippen LogP contribution in [-0.4, -0.2) is 39.4 Å². The van der Waals surface area contributed by atoms with Crippen LogP contribution in [0.15, 0.2) is 46.3 Å². The summed E-state index contributed by atoms with van der Waals surface area (Å²) in [5.41, 5.74) is 0.653. The Morgan fingerprint density at radius 1 is 1.10 bits per heavy atom. The molecule has 0 fully saturated rings. The molecule has 3 heterocycles. The number of hydrogen-bond donors (Lipinski definition) is 1. The molecule has 3 aromatic heterocycles. The number of rotatable bonds is 6. The van der Waals surface area contributed by atoms with Gasteiger partial charge in [0.05, 0.1) is 35.8 Å². The van der Waals surface area contributed by atoms with Gasteiger partial charge < -0.3 is 9.88 Å². The molecule has 0 unspecified atom stereocenters. The minimum Gasteiger partial charge on any atom is -0.387 e. The average molecular weight is 444 g/mol. The monoisotopic (exact) mass is 444 g/mol. The summed E-state index contributed by atoms with van der Waals surface area (Å²) in [7, 11) is 1.75. The molecule has 0 aliphatic rings. The third kappa shape index (κ3) is 4.25. The second kappa shape index (κ2) is 8.21. The lowest BCUT2D eigenvalue weighted by molar-refractivity contribution is -0.286. The summed E-state index contributed by atoms with van der Waals surface area (Å²) < 4.78 is 65.4. The molecule has 1 N–H and O–H groups in total. The van der Waals surface area contributed by atoms with E-state index in [0.717, 1.165) is 28.6 Å². The summed E-state index contributed by atoms with van der Waals surface area (Å²) in [5.74, 6) is -4.29. The molecule has 0 bridgehead atoms. The third-order valence-electron chi connectivity index (χ3n) is 4.33. The van der Waals surface area contributed by atoms with E-state index in [2.05, 4.69) is 15.3 Å². The van der Waals surface area contributed by atoms with Gasteiger partial charge in [-0.1, -0.05) is 6.92 Å². The van der Waals surface area contributed by atoms with E-state index < -0.39 is 24.2 Å². The fourth-order valence-corrected chi connectivity index (χ4v) is 3.63. The van der Waals surface area contributed by atoms with Gasteiger partial charge in [0.25, 0.3) is 5.56 Å². The van der Waals surface area contributed by atoms with Gasteiger partial charge in [-0.3, -0.25) is 14.8 Å². The molecule has 0 spiro atoms. The first-order valence-electron chi connectivity index (χ1n) is 8.82. The van der Waals surface area contributed by atoms with E-state index in [-0.39, 0.29) is 5.52 Å². The van der Waals surface area contributed by atoms with Gasteiger partial charge in [-0.25, -0.2) is 0 Å². The van der Waals surface area contributed by atoms with Gasteiger partial charge in [-0.05, 0) is 24.0 Å². The number of alkyl halides is 5. The molecular formula is C19H17F5N4OS. The van der Waals surface area contributed by atoms with Crippen molar-refractivity contribution in [3.63, 3.8) is 0 Å². The molecule has 0 aromatic carbocycles. The number of pyridine rings is 3. The van der Waals surface area contributed by atoms with Gasteiger partial charge in [-0.15, -0.1) is 11.8 Å². The number of thioether (sulfide) groups is 1. The fourth-order valence-electron chi connectivity index (χ4n) is 2.81. The highest BCUT2D eigenvalue weighted by molar-refractivity contribution is 7.99. The summed E-state index contributed by atoms with van der Waals surface area (Å²) in [6.07, 6.45) is -3.05. The summed E-state index contributed by atoms with van der Waals surface area (Å²) in [6.45, 7) is 0.146. The van der Waals surface area contributed by atoms with Crippen LogP contribution < -0.4 is 10.9 Å². The summed E-state index contributed by atoms with van der Waals surface area (Å²) in [5, 5.41) is 3.28. The molecular weight excluding hydrogens is 427 g/mol. The Balaban J connectivity index is 2.11. The quantitative estimate of drug-likeness (QED) is 0.437. The van der Waals surface area contributed by atoms with Crippen LogP contribution in [-0.2, 0) is 6.54 Å². The van der Waals surface area contributed by atoms with E-state index in [0.29, 0.717) is 21.3 Å². The van der Waals surface area contributed by atoms with E-state index >= 15 is 0 Å². The molecule has 160 valence electrons. The number of aromatic nitrogens is 3. The van der Waals surface area contributed by atoms with Crippen LogP contribution in [0.5, 0.6) is 0 Å². The van der Waals surface area contributed by atoms with Gasteiger partial charge in [0, 0.05) is 23.4 Å². The molecule has 0 aliphatic heterocycles. The number of fused-ring (bicyclic) bond motifs is 1. The van der Waals surface area contributed by atoms with E-state index in [4.69, 9.17) is 0 Å². The SMILES string of the molecule is CCSc1cc(NC)cnc1-c1cc2ccc(=O)n(CC(F)(F)C(F)(F)F)c2cn1. The lowest BCUT2D eigenvalue weighted by atomic mass is 10.1. The van der Waals surface area contributed by atoms with Crippen LogP contribution in [0.1, 0.15) is 6.92 Å². The van der Waals surface area contributed by atoms with Crippen LogP contribution in [0.4, 0.5) is 27.6 Å². The Kier molecular flexibility index (Phi) is 6.02. The molecule has 0 amide bonds. The first-order chi connectivity index (χ1) is 14.1. The molecule has 3 rings (SSSR count). The van der Waals surface area contributed by atoms with E-state index in [1.807, 2.05) is 13.0 Å². The zero-order valence-corrected chi connectivity index (χ0v) is 16.7. The minimum atomic E-state index is -5.77. The van der Waals surface area contributed by atoms with Crippen LogP contribution in [0.3, 0.4) is 0 Å². The average Bonchev–Trinajstić information content (AvgIpc) is 2.69. The molecule has 30 heavy (non-hydrogen) atoms. The molecule has 0 saturated carbocycles. The third-order valence-corrected chi connectivity index (χ3v) is 5.24.